The number of nitrogens with zero attached hydrogens (tertiary/aromatic N) is 1. The van der Waals surface area contributed by atoms with Gasteiger partial charge in [0.15, 0.2) is 23.3 Å². The zero-order chi connectivity index (χ0) is 25.4. The van der Waals surface area contributed by atoms with Gasteiger partial charge in [0.2, 0.25) is 5.91 Å². The van der Waals surface area contributed by atoms with Crippen LogP contribution in [0, 0.1) is 28.7 Å². The minimum absolute atomic E-state index is 0.0394. The quantitative estimate of drug-likeness (QED) is 0.297. The van der Waals surface area contributed by atoms with E-state index in [4.69, 9.17) is 4.74 Å². The second-order valence-electron chi connectivity index (χ2n) is 8.79. The Bertz CT molecular complexity index is 1070. The van der Waals surface area contributed by atoms with Crippen LogP contribution in [0.2, 0.25) is 0 Å². The average Bonchev–Trinajstić information content (AvgIpc) is 2.72. The molecule has 0 aromatic heterocycles. The molecule has 0 radical (unpaired) electrons. The van der Waals surface area contributed by atoms with E-state index < -0.39 is 70.5 Å². The summed E-state index contributed by atoms with van der Waals surface area (Å²) in [4.78, 5) is 25.5. The first-order valence-electron chi connectivity index (χ1n) is 10.2. The first-order valence-corrected chi connectivity index (χ1v) is 10.2. The molecule has 34 heavy (non-hydrogen) atoms. The number of benzene rings is 2. The molecule has 0 spiro atoms. The normalized spacial score (nSPS) is 18.2. The van der Waals surface area contributed by atoms with Gasteiger partial charge in [-0.05, 0) is 17.4 Å². The van der Waals surface area contributed by atoms with Gasteiger partial charge in [0, 0.05) is 12.5 Å². The van der Waals surface area contributed by atoms with Crippen molar-refractivity contribution in [3.63, 3.8) is 0 Å². The number of hydrogen-bond acceptors (Lipinski definition) is 3. The van der Waals surface area contributed by atoms with Crippen molar-refractivity contribution in [2.24, 2.45) is 5.41 Å². The van der Waals surface area contributed by atoms with Crippen molar-refractivity contribution in [1.29, 1.82) is 0 Å². The molecule has 1 aliphatic rings. The molecule has 0 N–H and O–H groups in total. The van der Waals surface area contributed by atoms with Crippen LogP contribution >= 0.6 is 0 Å². The lowest BCUT2D eigenvalue weighted by molar-refractivity contribution is -0.146. The molecule has 0 saturated carbocycles. The summed E-state index contributed by atoms with van der Waals surface area (Å²) in [7, 11) is 0. The van der Waals surface area contributed by atoms with Crippen molar-refractivity contribution in [2.75, 3.05) is 4.90 Å². The minimum Gasteiger partial charge on any atom is -0.461 e. The zero-order valence-electron chi connectivity index (χ0n) is 18.1. The summed E-state index contributed by atoms with van der Waals surface area (Å²) >= 11 is 0. The molecule has 184 valence electrons. The van der Waals surface area contributed by atoms with Crippen molar-refractivity contribution in [1.82, 2.24) is 0 Å². The summed E-state index contributed by atoms with van der Waals surface area (Å²) in [5, 5.41) is 0. The first-order chi connectivity index (χ1) is 15.7. The highest BCUT2D eigenvalue weighted by Gasteiger charge is 2.47. The highest BCUT2D eigenvalue weighted by molar-refractivity contribution is 5.96. The van der Waals surface area contributed by atoms with E-state index in [1.165, 1.54) is 0 Å². The fourth-order valence-electron chi connectivity index (χ4n) is 4.04. The van der Waals surface area contributed by atoms with Gasteiger partial charge in [0.05, 0.1) is 6.42 Å². The Morgan fingerprint density at radius 1 is 1.03 bits per heavy atom. The van der Waals surface area contributed by atoms with Crippen LogP contribution in [-0.2, 0) is 27.1 Å². The third-order valence-electron chi connectivity index (χ3n) is 5.46. The lowest BCUT2D eigenvalue weighted by Gasteiger charge is -2.42. The fourth-order valence-corrected chi connectivity index (χ4v) is 4.04. The summed E-state index contributed by atoms with van der Waals surface area (Å²) < 4.78 is 102. The SMILES string of the molecule is CC1(C)CC(=O)N(c2c(F)c(F)c(C(F)(F)F)c(F)c2F)C(CC(=O)OCc2ccccc2)C1. The highest BCUT2D eigenvalue weighted by Crippen LogP contribution is 2.44. The van der Waals surface area contributed by atoms with E-state index in [1.807, 2.05) is 0 Å². The zero-order valence-corrected chi connectivity index (χ0v) is 18.1. The first kappa shape index (κ1) is 25.5. The topological polar surface area (TPSA) is 46.6 Å². The number of esters is 1. The molecule has 1 atom stereocenters. The maximum absolute atomic E-state index is 14.7. The molecule has 4 nitrogen and oxygen atoms in total. The number of hydrogen-bond donors (Lipinski definition) is 0. The summed E-state index contributed by atoms with van der Waals surface area (Å²) in [6, 6.07) is 7.17. The van der Waals surface area contributed by atoms with Gasteiger partial charge in [0.1, 0.15) is 17.9 Å². The van der Waals surface area contributed by atoms with Crippen LogP contribution in [0.15, 0.2) is 30.3 Å². The van der Waals surface area contributed by atoms with Gasteiger partial charge < -0.3 is 9.64 Å². The highest BCUT2D eigenvalue weighted by atomic mass is 19.4. The van der Waals surface area contributed by atoms with Gasteiger partial charge in [-0.1, -0.05) is 44.2 Å². The van der Waals surface area contributed by atoms with Gasteiger partial charge in [-0.25, -0.2) is 17.6 Å². The van der Waals surface area contributed by atoms with Crippen LogP contribution in [-0.4, -0.2) is 17.9 Å². The fraction of sp³-hybridized carbons (Fsp3) is 0.391. The number of carbonyl (C=O) groups excluding carboxylic acids is 2. The van der Waals surface area contributed by atoms with Crippen molar-refractivity contribution in [3.05, 3.63) is 64.7 Å². The van der Waals surface area contributed by atoms with Gasteiger partial charge >= 0.3 is 12.1 Å². The number of rotatable bonds is 5. The Morgan fingerprint density at radius 3 is 2.12 bits per heavy atom. The molecular formula is C23H20F7NO3. The number of carbonyl (C=O) groups is 2. The van der Waals surface area contributed by atoms with E-state index >= 15 is 0 Å². The lowest BCUT2D eigenvalue weighted by Crippen LogP contribution is -2.51. The van der Waals surface area contributed by atoms with Gasteiger partial charge in [-0.2, -0.15) is 13.2 Å². The van der Waals surface area contributed by atoms with E-state index in [2.05, 4.69) is 0 Å². The molecule has 1 aliphatic heterocycles. The monoisotopic (exact) mass is 491 g/mol. The molecule has 0 aliphatic carbocycles. The number of piperidine rings is 1. The van der Waals surface area contributed by atoms with Crippen molar-refractivity contribution in [2.45, 2.75) is 51.9 Å². The maximum Gasteiger partial charge on any atom is 0.422 e. The van der Waals surface area contributed by atoms with E-state index in [-0.39, 0.29) is 19.4 Å². The molecular weight excluding hydrogens is 471 g/mol. The van der Waals surface area contributed by atoms with Gasteiger partial charge in [0.25, 0.3) is 0 Å². The third kappa shape index (κ3) is 5.18. The Morgan fingerprint density at radius 2 is 1.59 bits per heavy atom. The summed E-state index contributed by atoms with van der Waals surface area (Å²) in [5.74, 6) is -12.0. The molecule has 1 unspecified atom stereocenters. The summed E-state index contributed by atoms with van der Waals surface area (Å²) in [6.07, 6.45) is -6.69. The van der Waals surface area contributed by atoms with E-state index in [0.29, 0.717) is 10.5 Å². The lowest BCUT2D eigenvalue weighted by atomic mass is 9.77. The van der Waals surface area contributed by atoms with E-state index in [9.17, 15) is 40.3 Å². The molecule has 1 saturated heterocycles. The molecule has 1 heterocycles. The molecule has 0 bridgehead atoms. The van der Waals surface area contributed by atoms with Crippen LogP contribution in [0.5, 0.6) is 0 Å². The van der Waals surface area contributed by atoms with Crippen LogP contribution < -0.4 is 4.90 Å². The number of amides is 1. The Balaban J connectivity index is 1.98. The van der Waals surface area contributed by atoms with Crippen LogP contribution in [0.3, 0.4) is 0 Å². The summed E-state index contributed by atoms with van der Waals surface area (Å²) in [6.45, 7) is 3.12. The minimum atomic E-state index is -5.72. The largest absolute Gasteiger partial charge is 0.461 e. The Labute approximate surface area is 190 Å². The van der Waals surface area contributed by atoms with Crippen LogP contribution in [0.4, 0.5) is 36.4 Å². The smallest absolute Gasteiger partial charge is 0.422 e. The van der Waals surface area contributed by atoms with E-state index in [1.54, 1.807) is 44.2 Å². The number of ether oxygens (including phenoxy) is 1. The Kier molecular flexibility index (Phi) is 6.95. The third-order valence-corrected chi connectivity index (χ3v) is 5.46. The molecule has 3 rings (SSSR count). The molecule has 1 fully saturated rings. The molecule has 2 aromatic rings. The molecule has 2 aromatic carbocycles. The van der Waals surface area contributed by atoms with Crippen LogP contribution in [0.25, 0.3) is 0 Å². The predicted molar refractivity (Wildman–Crippen MR) is 106 cm³/mol. The standard InChI is InChI=1S/C23H20F7NO3/c1-22(2)9-13(8-15(33)34-11-12-6-4-3-5-7-12)31(14(32)10-22)21-19(26)17(24)16(23(28,29)30)18(25)20(21)27/h3-7,13H,8-11H2,1-2H3. The second kappa shape index (κ2) is 9.27. The van der Waals surface area contributed by atoms with Gasteiger partial charge in [-0.15, -0.1) is 0 Å². The second-order valence-corrected chi connectivity index (χ2v) is 8.79. The average molecular weight is 491 g/mol. The van der Waals surface area contributed by atoms with Crippen LogP contribution in [0.1, 0.15) is 44.2 Å². The maximum atomic E-state index is 14.7. The summed E-state index contributed by atoms with van der Waals surface area (Å²) in [5.41, 5.74) is -4.48. The van der Waals surface area contributed by atoms with Crippen molar-refractivity contribution in [3.8, 4) is 0 Å². The number of anilines is 1. The Hall–Kier alpha value is -3.11. The van der Waals surface area contributed by atoms with Crippen molar-refractivity contribution < 1.29 is 45.1 Å². The van der Waals surface area contributed by atoms with Gasteiger partial charge in [-0.3, -0.25) is 9.59 Å². The predicted octanol–water partition coefficient (Wildman–Crippen LogP) is 5.92. The molecule has 11 heteroatoms. The number of alkyl halides is 3. The number of halogens is 7. The van der Waals surface area contributed by atoms with E-state index in [0.717, 1.165) is 0 Å². The molecule has 1 amide bonds. The van der Waals surface area contributed by atoms with Crippen molar-refractivity contribution >= 4 is 17.6 Å².